The van der Waals surface area contributed by atoms with Crippen LogP contribution in [0.3, 0.4) is 0 Å². The summed E-state index contributed by atoms with van der Waals surface area (Å²) in [6.07, 6.45) is 0.948. The molecule has 0 aliphatic heterocycles. The number of hydrogen-bond acceptors (Lipinski definition) is 5. The van der Waals surface area contributed by atoms with Gasteiger partial charge in [-0.05, 0) is 42.8 Å². The van der Waals surface area contributed by atoms with Crippen molar-refractivity contribution >= 4 is 28.7 Å². The number of anilines is 1. The normalized spacial score (nSPS) is 10.8. The molecule has 3 rings (SSSR count). The number of aromatic nitrogens is 2. The van der Waals surface area contributed by atoms with E-state index in [4.69, 9.17) is 10.5 Å². The Bertz CT molecular complexity index is 993. The van der Waals surface area contributed by atoms with Crippen molar-refractivity contribution in [2.24, 2.45) is 0 Å². The van der Waals surface area contributed by atoms with Gasteiger partial charge in [-0.15, -0.1) is 0 Å². The molecule has 1 heterocycles. The van der Waals surface area contributed by atoms with Gasteiger partial charge >= 0.3 is 11.9 Å². The van der Waals surface area contributed by atoms with Gasteiger partial charge in [0.15, 0.2) is 12.4 Å². The minimum Gasteiger partial charge on any atom is -0.482 e. The van der Waals surface area contributed by atoms with Crippen molar-refractivity contribution in [2.75, 3.05) is 19.5 Å². The van der Waals surface area contributed by atoms with Crippen LogP contribution in [0.5, 0.6) is 5.75 Å². The number of hydrogen-bond donors (Lipinski definition) is 1. The summed E-state index contributed by atoms with van der Waals surface area (Å²) < 4.78 is 13.7. The molecule has 3 aromatic rings. The number of benzene rings is 2. The summed E-state index contributed by atoms with van der Waals surface area (Å²) in [4.78, 5) is 23.9. The zero-order valence-corrected chi connectivity index (χ0v) is 16.1. The molecule has 7 heteroatoms. The first kappa shape index (κ1) is 19.4. The van der Waals surface area contributed by atoms with Gasteiger partial charge in [0.1, 0.15) is 23.3 Å². The topological polar surface area (TPSA) is 87.4 Å². The SMILES string of the molecule is CCCn1c(N)[n+](CC(=O)c2ccc(OCC(=O)OC)cc2)c2ccccc21. The number of esters is 1. The Morgan fingerprint density at radius 3 is 2.50 bits per heavy atom. The summed E-state index contributed by atoms with van der Waals surface area (Å²) in [5.74, 6) is 0.536. The average molecular weight is 382 g/mol. The lowest BCUT2D eigenvalue weighted by molar-refractivity contribution is -0.642. The minimum atomic E-state index is -0.463. The van der Waals surface area contributed by atoms with E-state index in [9.17, 15) is 9.59 Å². The molecule has 0 amide bonds. The van der Waals surface area contributed by atoms with Gasteiger partial charge in [-0.2, -0.15) is 0 Å². The standard InChI is InChI=1S/C21H23N3O4/c1-3-12-23-17-6-4-5-7-18(17)24(21(23)22)13-19(25)15-8-10-16(11-9-15)28-14-20(26)27-2/h4-11,22H,3,12-14H2,1-2H3/p+1. The van der Waals surface area contributed by atoms with Crippen LogP contribution in [0.25, 0.3) is 11.0 Å². The van der Waals surface area contributed by atoms with Crippen LogP contribution < -0.4 is 15.0 Å². The average Bonchev–Trinajstić information content (AvgIpc) is 2.98. The summed E-state index contributed by atoms with van der Waals surface area (Å²) in [5, 5.41) is 0. The first-order valence-corrected chi connectivity index (χ1v) is 9.14. The summed E-state index contributed by atoms with van der Waals surface area (Å²) in [5.41, 5.74) is 8.84. The Hall–Kier alpha value is -3.35. The highest BCUT2D eigenvalue weighted by Gasteiger charge is 2.22. The Labute approximate surface area is 163 Å². The van der Waals surface area contributed by atoms with Crippen LogP contribution >= 0.6 is 0 Å². The lowest BCUT2D eigenvalue weighted by Gasteiger charge is -2.06. The largest absolute Gasteiger partial charge is 0.482 e. The van der Waals surface area contributed by atoms with Gasteiger partial charge in [-0.1, -0.05) is 19.1 Å². The number of nitrogens with two attached hydrogens (primary N) is 1. The zero-order valence-electron chi connectivity index (χ0n) is 16.1. The summed E-state index contributed by atoms with van der Waals surface area (Å²) in [7, 11) is 1.30. The third-order valence-electron chi connectivity index (χ3n) is 4.53. The number of ketones is 1. The van der Waals surface area contributed by atoms with Gasteiger partial charge in [0.2, 0.25) is 0 Å². The van der Waals surface area contributed by atoms with Gasteiger partial charge in [-0.25, -0.2) is 13.9 Å². The van der Waals surface area contributed by atoms with E-state index >= 15 is 0 Å². The summed E-state index contributed by atoms with van der Waals surface area (Å²) in [6.45, 7) is 2.85. The van der Waals surface area contributed by atoms with E-state index in [0.717, 1.165) is 24.0 Å². The van der Waals surface area contributed by atoms with Crippen LogP contribution in [-0.4, -0.2) is 30.0 Å². The van der Waals surface area contributed by atoms with E-state index in [1.807, 2.05) is 33.4 Å². The fourth-order valence-electron chi connectivity index (χ4n) is 3.11. The Balaban J connectivity index is 1.80. The van der Waals surface area contributed by atoms with Crippen LogP contribution in [0, 0.1) is 0 Å². The highest BCUT2D eigenvalue weighted by Crippen LogP contribution is 2.18. The molecule has 0 radical (unpaired) electrons. The van der Waals surface area contributed by atoms with E-state index in [-0.39, 0.29) is 18.9 Å². The number of para-hydroxylation sites is 2. The second kappa shape index (κ2) is 8.56. The van der Waals surface area contributed by atoms with Crippen molar-refractivity contribution in [3.63, 3.8) is 0 Å². The number of nitrogen functional groups attached to an aromatic ring is 1. The third kappa shape index (κ3) is 3.98. The molecule has 0 saturated heterocycles. The van der Waals surface area contributed by atoms with Crippen LogP contribution in [0.1, 0.15) is 23.7 Å². The number of fused-ring (bicyclic) bond motifs is 1. The fraction of sp³-hybridized carbons (Fsp3) is 0.286. The molecular weight excluding hydrogens is 358 g/mol. The van der Waals surface area contributed by atoms with Crippen molar-refractivity contribution in [1.29, 1.82) is 0 Å². The predicted molar refractivity (Wildman–Crippen MR) is 105 cm³/mol. The molecule has 0 fully saturated rings. The van der Waals surface area contributed by atoms with E-state index in [2.05, 4.69) is 11.7 Å². The Morgan fingerprint density at radius 2 is 1.82 bits per heavy atom. The molecule has 0 atom stereocenters. The maximum absolute atomic E-state index is 12.8. The van der Waals surface area contributed by atoms with Gasteiger partial charge in [0, 0.05) is 5.56 Å². The smallest absolute Gasteiger partial charge is 0.356 e. The fourth-order valence-corrected chi connectivity index (χ4v) is 3.11. The molecule has 0 saturated carbocycles. The second-order valence-electron chi connectivity index (χ2n) is 6.40. The lowest BCUT2D eigenvalue weighted by Crippen LogP contribution is -2.40. The first-order chi connectivity index (χ1) is 13.5. The van der Waals surface area contributed by atoms with Crippen molar-refractivity contribution < 1.29 is 23.6 Å². The Kier molecular flexibility index (Phi) is 5.93. The van der Waals surface area contributed by atoms with Crippen molar-refractivity contribution in [2.45, 2.75) is 26.4 Å². The quantitative estimate of drug-likeness (QED) is 0.367. The summed E-state index contributed by atoms with van der Waals surface area (Å²) >= 11 is 0. The summed E-state index contributed by atoms with van der Waals surface area (Å²) in [6, 6.07) is 14.5. The van der Waals surface area contributed by atoms with E-state index < -0.39 is 5.97 Å². The number of ether oxygens (including phenoxy) is 2. The number of aryl methyl sites for hydroxylation is 1. The molecule has 146 valence electrons. The third-order valence-corrected chi connectivity index (χ3v) is 4.53. The van der Waals surface area contributed by atoms with Crippen LogP contribution in [-0.2, 0) is 22.6 Å². The number of imidazole rings is 1. The maximum Gasteiger partial charge on any atom is 0.356 e. The van der Waals surface area contributed by atoms with Crippen LogP contribution in [0.2, 0.25) is 0 Å². The van der Waals surface area contributed by atoms with Gasteiger partial charge in [0.25, 0.3) is 0 Å². The highest BCUT2D eigenvalue weighted by molar-refractivity contribution is 5.95. The molecule has 0 aliphatic rings. The molecule has 7 nitrogen and oxygen atoms in total. The monoisotopic (exact) mass is 382 g/mol. The number of nitrogens with zero attached hydrogens (tertiary/aromatic N) is 2. The van der Waals surface area contributed by atoms with Gasteiger partial charge < -0.3 is 9.47 Å². The molecule has 0 spiro atoms. The predicted octanol–water partition coefficient (Wildman–Crippen LogP) is 2.36. The Morgan fingerprint density at radius 1 is 1.11 bits per heavy atom. The van der Waals surface area contributed by atoms with Crippen LogP contribution in [0.15, 0.2) is 48.5 Å². The van der Waals surface area contributed by atoms with E-state index in [1.54, 1.807) is 24.3 Å². The molecule has 2 N–H and O–H groups in total. The zero-order chi connectivity index (χ0) is 20.1. The first-order valence-electron chi connectivity index (χ1n) is 9.14. The second-order valence-corrected chi connectivity index (χ2v) is 6.40. The molecule has 28 heavy (non-hydrogen) atoms. The van der Waals surface area contributed by atoms with Gasteiger partial charge in [0.05, 0.1) is 13.7 Å². The number of methoxy groups -OCH3 is 1. The van der Waals surface area contributed by atoms with Gasteiger partial charge in [-0.3, -0.25) is 10.5 Å². The number of rotatable bonds is 8. The maximum atomic E-state index is 12.8. The van der Waals surface area contributed by atoms with Crippen molar-refractivity contribution in [1.82, 2.24) is 4.57 Å². The molecule has 0 aliphatic carbocycles. The number of Topliss-reactive ketones (excluding diaryl/α,β-unsaturated/α-hetero) is 1. The molecule has 2 aromatic carbocycles. The minimum absolute atomic E-state index is 0.0596. The molecule has 0 bridgehead atoms. The lowest BCUT2D eigenvalue weighted by atomic mass is 10.1. The number of carbonyl (C=O) groups is 2. The highest BCUT2D eigenvalue weighted by atomic mass is 16.6. The van der Waals surface area contributed by atoms with Crippen molar-refractivity contribution in [3.05, 3.63) is 54.1 Å². The molecule has 0 unspecified atom stereocenters. The molecule has 1 aromatic heterocycles. The van der Waals surface area contributed by atoms with E-state index in [0.29, 0.717) is 17.3 Å². The number of carbonyl (C=O) groups excluding carboxylic acids is 2. The van der Waals surface area contributed by atoms with Crippen LogP contribution in [0.4, 0.5) is 5.95 Å². The van der Waals surface area contributed by atoms with Crippen molar-refractivity contribution in [3.8, 4) is 5.75 Å². The van der Waals surface area contributed by atoms with E-state index in [1.165, 1.54) is 7.11 Å². The molecular formula is C21H24N3O4+.